The lowest BCUT2D eigenvalue weighted by Crippen LogP contribution is -2.27. The molecule has 0 aliphatic rings. The first-order valence-corrected chi connectivity index (χ1v) is 5.45. The second-order valence-corrected chi connectivity index (χ2v) is 3.75. The number of anilines is 1. The first-order valence-electron chi connectivity index (χ1n) is 5.45. The highest BCUT2D eigenvalue weighted by atomic mass is 16.5. The Balaban J connectivity index is 2.21. The van der Waals surface area contributed by atoms with Crippen LogP contribution in [0.2, 0.25) is 0 Å². The lowest BCUT2D eigenvalue weighted by molar-refractivity contribution is 0.102. The van der Waals surface area contributed by atoms with Crippen LogP contribution < -0.4 is 15.6 Å². The Morgan fingerprint density at radius 3 is 2.68 bits per heavy atom. The van der Waals surface area contributed by atoms with E-state index >= 15 is 0 Å². The maximum Gasteiger partial charge on any atom is 0.316 e. The number of aromatic nitrogens is 3. The minimum Gasteiger partial charge on any atom is -0.467 e. The predicted molar refractivity (Wildman–Crippen MR) is 68.2 cm³/mol. The van der Waals surface area contributed by atoms with Crippen molar-refractivity contribution in [2.24, 2.45) is 7.05 Å². The van der Waals surface area contributed by atoms with Crippen molar-refractivity contribution in [2.45, 2.75) is 0 Å². The topological polar surface area (TPSA) is 86.1 Å². The number of amides is 1. The summed E-state index contributed by atoms with van der Waals surface area (Å²) < 4.78 is 6.14. The van der Waals surface area contributed by atoms with E-state index < -0.39 is 5.91 Å². The summed E-state index contributed by atoms with van der Waals surface area (Å²) in [6, 6.07) is 3.29. The number of carbonyl (C=O) groups excluding carboxylic acids is 1. The highest BCUT2D eigenvalue weighted by molar-refractivity contribution is 6.03. The molecule has 7 nitrogen and oxygen atoms in total. The molecule has 0 aromatic carbocycles. The zero-order valence-corrected chi connectivity index (χ0v) is 10.5. The molecule has 0 radical (unpaired) electrons. The van der Waals surface area contributed by atoms with Gasteiger partial charge in [-0.25, -0.2) is 9.97 Å². The first-order chi connectivity index (χ1) is 9.11. The van der Waals surface area contributed by atoms with Gasteiger partial charge >= 0.3 is 6.01 Å². The molecule has 2 aromatic heterocycles. The van der Waals surface area contributed by atoms with Crippen LogP contribution in [0.4, 0.5) is 5.69 Å². The fourth-order valence-electron chi connectivity index (χ4n) is 1.45. The van der Waals surface area contributed by atoms with Gasteiger partial charge in [-0.2, -0.15) is 0 Å². The van der Waals surface area contributed by atoms with E-state index in [4.69, 9.17) is 4.74 Å². The summed E-state index contributed by atoms with van der Waals surface area (Å²) in [7, 11) is 3.02. The summed E-state index contributed by atoms with van der Waals surface area (Å²) in [5.41, 5.74) is 0.0759. The maximum atomic E-state index is 11.9. The Morgan fingerprint density at radius 1 is 1.37 bits per heavy atom. The minimum atomic E-state index is -0.505. The van der Waals surface area contributed by atoms with E-state index in [0.29, 0.717) is 5.69 Å². The molecule has 0 bridgehead atoms. The smallest absolute Gasteiger partial charge is 0.316 e. The number of pyridine rings is 1. The SMILES string of the molecule is COc1ncc(NC(=O)c2cccn(C)c2=O)cn1. The summed E-state index contributed by atoms with van der Waals surface area (Å²) in [5, 5.41) is 2.54. The molecule has 1 amide bonds. The van der Waals surface area contributed by atoms with Crippen molar-refractivity contribution >= 4 is 11.6 Å². The lowest BCUT2D eigenvalue weighted by Gasteiger charge is -2.05. The van der Waals surface area contributed by atoms with Crippen LogP contribution in [0.25, 0.3) is 0 Å². The van der Waals surface area contributed by atoms with Gasteiger partial charge in [-0.3, -0.25) is 9.59 Å². The van der Waals surface area contributed by atoms with E-state index in [1.807, 2.05) is 0 Å². The summed E-state index contributed by atoms with van der Waals surface area (Å²) in [6.45, 7) is 0. The summed E-state index contributed by atoms with van der Waals surface area (Å²) in [5.74, 6) is -0.505. The molecule has 0 saturated carbocycles. The molecule has 2 rings (SSSR count). The van der Waals surface area contributed by atoms with Crippen molar-refractivity contribution in [2.75, 3.05) is 12.4 Å². The van der Waals surface area contributed by atoms with Gasteiger partial charge in [-0.15, -0.1) is 0 Å². The Kier molecular flexibility index (Phi) is 3.56. The third kappa shape index (κ3) is 2.76. The second-order valence-electron chi connectivity index (χ2n) is 3.75. The maximum absolute atomic E-state index is 11.9. The van der Waals surface area contributed by atoms with Crippen molar-refractivity contribution in [3.8, 4) is 6.01 Å². The standard InChI is InChI=1S/C12H12N4O3/c1-16-5-3-4-9(11(16)18)10(17)15-8-6-13-12(19-2)14-7-8/h3-7H,1-2H3,(H,15,17). The van der Waals surface area contributed by atoms with E-state index in [1.165, 1.54) is 30.1 Å². The van der Waals surface area contributed by atoms with Gasteiger partial charge in [-0.05, 0) is 12.1 Å². The van der Waals surface area contributed by atoms with Crippen molar-refractivity contribution in [1.29, 1.82) is 0 Å². The van der Waals surface area contributed by atoms with Gasteiger partial charge in [0.05, 0.1) is 25.2 Å². The van der Waals surface area contributed by atoms with E-state index in [1.54, 1.807) is 19.3 Å². The molecular weight excluding hydrogens is 248 g/mol. The highest BCUT2D eigenvalue weighted by Gasteiger charge is 2.11. The van der Waals surface area contributed by atoms with Crippen molar-refractivity contribution in [3.05, 3.63) is 46.6 Å². The normalized spacial score (nSPS) is 10.0. The van der Waals surface area contributed by atoms with E-state index in [2.05, 4.69) is 15.3 Å². The van der Waals surface area contributed by atoms with Crippen LogP contribution in [0.3, 0.4) is 0 Å². The van der Waals surface area contributed by atoms with Gasteiger partial charge in [0, 0.05) is 13.2 Å². The molecule has 0 unspecified atom stereocenters. The molecule has 0 spiro atoms. The van der Waals surface area contributed by atoms with Crippen LogP contribution in [0.5, 0.6) is 6.01 Å². The lowest BCUT2D eigenvalue weighted by atomic mass is 10.2. The average Bonchev–Trinajstić information content (AvgIpc) is 2.42. The van der Waals surface area contributed by atoms with Crippen LogP contribution in [0, 0.1) is 0 Å². The third-order valence-corrected chi connectivity index (χ3v) is 2.44. The van der Waals surface area contributed by atoms with Gasteiger partial charge in [0.15, 0.2) is 0 Å². The molecule has 1 N–H and O–H groups in total. The average molecular weight is 260 g/mol. The molecule has 98 valence electrons. The van der Waals surface area contributed by atoms with Crippen molar-refractivity contribution in [1.82, 2.24) is 14.5 Å². The zero-order valence-electron chi connectivity index (χ0n) is 10.5. The summed E-state index contributed by atoms with van der Waals surface area (Å²) >= 11 is 0. The quantitative estimate of drug-likeness (QED) is 0.865. The number of nitrogens with one attached hydrogen (secondary N) is 1. The molecule has 2 heterocycles. The van der Waals surface area contributed by atoms with Gasteiger partial charge in [0.2, 0.25) is 0 Å². The molecule has 0 saturated heterocycles. The van der Waals surface area contributed by atoms with Crippen LogP contribution in [0.1, 0.15) is 10.4 Å². The van der Waals surface area contributed by atoms with Gasteiger partial charge in [0.1, 0.15) is 5.56 Å². The van der Waals surface area contributed by atoms with Crippen molar-refractivity contribution in [3.63, 3.8) is 0 Å². The number of methoxy groups -OCH3 is 1. The van der Waals surface area contributed by atoms with Gasteiger partial charge < -0.3 is 14.6 Å². The molecule has 0 aliphatic carbocycles. The molecule has 7 heteroatoms. The predicted octanol–water partition coefficient (Wildman–Crippen LogP) is 0.436. The van der Waals surface area contributed by atoms with Gasteiger partial charge in [0.25, 0.3) is 11.5 Å². The second kappa shape index (κ2) is 5.30. The molecule has 0 atom stereocenters. The highest BCUT2D eigenvalue weighted by Crippen LogP contribution is 2.07. The largest absolute Gasteiger partial charge is 0.467 e. The Bertz CT molecular complexity index is 649. The van der Waals surface area contributed by atoms with Crippen LogP contribution >= 0.6 is 0 Å². The molecule has 2 aromatic rings. The molecule has 0 fully saturated rings. The van der Waals surface area contributed by atoms with Crippen LogP contribution in [-0.4, -0.2) is 27.6 Å². The zero-order chi connectivity index (χ0) is 13.8. The van der Waals surface area contributed by atoms with E-state index in [9.17, 15) is 9.59 Å². The molecular formula is C12H12N4O3. The number of ether oxygens (including phenoxy) is 1. The first kappa shape index (κ1) is 12.7. The number of nitrogens with zero attached hydrogens (tertiary/aromatic N) is 3. The summed E-state index contributed by atoms with van der Waals surface area (Å²) in [6.07, 6.45) is 4.38. The van der Waals surface area contributed by atoms with Gasteiger partial charge in [-0.1, -0.05) is 0 Å². The fourth-order valence-corrected chi connectivity index (χ4v) is 1.45. The monoisotopic (exact) mass is 260 g/mol. The Hall–Kier alpha value is -2.70. The molecule has 0 aliphatic heterocycles. The van der Waals surface area contributed by atoms with Crippen LogP contribution in [-0.2, 0) is 7.05 Å². The minimum absolute atomic E-state index is 0.0563. The van der Waals surface area contributed by atoms with E-state index in [0.717, 1.165) is 0 Å². The molecule has 19 heavy (non-hydrogen) atoms. The third-order valence-electron chi connectivity index (χ3n) is 2.44. The van der Waals surface area contributed by atoms with Crippen molar-refractivity contribution < 1.29 is 9.53 Å². The Morgan fingerprint density at radius 2 is 2.05 bits per heavy atom. The number of hydrogen-bond donors (Lipinski definition) is 1. The number of carbonyl (C=O) groups is 1. The number of hydrogen-bond acceptors (Lipinski definition) is 5. The Labute approximate surface area is 108 Å². The van der Waals surface area contributed by atoms with E-state index in [-0.39, 0.29) is 17.1 Å². The number of rotatable bonds is 3. The fraction of sp³-hybridized carbons (Fsp3) is 0.167. The van der Waals surface area contributed by atoms with Crippen LogP contribution in [0.15, 0.2) is 35.5 Å². The summed E-state index contributed by atoms with van der Waals surface area (Å²) in [4.78, 5) is 31.4. The number of aryl methyl sites for hydroxylation is 1.